The molecule has 0 radical (unpaired) electrons. The normalized spacial score (nSPS) is 15.2. The molecule has 0 aliphatic heterocycles. The summed E-state index contributed by atoms with van der Waals surface area (Å²) in [4.78, 5) is 10.4. The van der Waals surface area contributed by atoms with Crippen LogP contribution >= 0.6 is 0 Å². The van der Waals surface area contributed by atoms with E-state index in [2.05, 4.69) is 5.18 Å². The topological polar surface area (TPSA) is 55.4 Å². The summed E-state index contributed by atoms with van der Waals surface area (Å²) in [5, 5.41) is 2.88. The number of nitroso groups, excluding NO2 is 1. The maximum atomic E-state index is 10.4. The van der Waals surface area contributed by atoms with Gasteiger partial charge >= 0.3 is 0 Å². The number of hydrogen-bond donors (Lipinski definition) is 1. The highest BCUT2D eigenvalue weighted by molar-refractivity contribution is 5.31. The molecule has 0 aliphatic rings. The molecule has 0 saturated heterocycles. The molecule has 0 spiro atoms. The van der Waals surface area contributed by atoms with E-state index in [-0.39, 0.29) is 0 Å². The first-order chi connectivity index (χ1) is 5.58. The Morgan fingerprint density at radius 3 is 2.50 bits per heavy atom. The van der Waals surface area contributed by atoms with E-state index in [0.29, 0.717) is 0 Å². The third-order valence-corrected chi connectivity index (χ3v) is 1.88. The summed E-state index contributed by atoms with van der Waals surface area (Å²) in [7, 11) is 0. The molecule has 1 atom stereocenters. The Morgan fingerprint density at radius 2 is 2.00 bits per heavy atom. The average molecular weight is 164 g/mol. The molecule has 0 heterocycles. The lowest BCUT2D eigenvalue weighted by Crippen LogP contribution is -2.30. The van der Waals surface area contributed by atoms with Crippen molar-refractivity contribution in [1.29, 1.82) is 0 Å². The fraction of sp³-hybridized carbons (Fsp3) is 0.333. The summed E-state index contributed by atoms with van der Waals surface area (Å²) in [6.45, 7) is 3.51. The van der Waals surface area contributed by atoms with Crippen LogP contribution in [0.15, 0.2) is 29.4 Å². The minimum Gasteiger partial charge on any atom is -0.301 e. The van der Waals surface area contributed by atoms with E-state index in [0.717, 1.165) is 11.1 Å². The molecule has 2 N–H and O–H groups in total. The minimum absolute atomic E-state index is 0.778. The lowest BCUT2D eigenvalue weighted by molar-refractivity contribution is 0.516. The van der Waals surface area contributed by atoms with E-state index >= 15 is 0 Å². The zero-order chi connectivity index (χ0) is 9.19. The molecule has 3 heteroatoms. The van der Waals surface area contributed by atoms with Crippen LogP contribution in [-0.4, -0.2) is 0 Å². The van der Waals surface area contributed by atoms with Crippen LogP contribution in [0.2, 0.25) is 0 Å². The summed E-state index contributed by atoms with van der Waals surface area (Å²) in [5.41, 5.74) is 6.32. The average Bonchev–Trinajstić information content (AvgIpc) is 2.05. The van der Waals surface area contributed by atoms with Crippen LogP contribution in [0.3, 0.4) is 0 Å². The summed E-state index contributed by atoms with van der Waals surface area (Å²) in [5.74, 6) is 0. The molecular formula is C9H12N2O. The highest BCUT2D eigenvalue weighted by Crippen LogP contribution is 2.21. The summed E-state index contributed by atoms with van der Waals surface area (Å²) in [6.07, 6.45) is 0. The molecule has 1 aromatic rings. The van der Waals surface area contributed by atoms with Crippen LogP contribution in [0.5, 0.6) is 0 Å². The molecule has 0 amide bonds. The van der Waals surface area contributed by atoms with Gasteiger partial charge < -0.3 is 5.73 Å². The molecule has 0 saturated carbocycles. The second-order valence-electron chi connectivity index (χ2n) is 3.05. The SMILES string of the molecule is Cc1ccccc1C(C)(N)N=O. The summed E-state index contributed by atoms with van der Waals surface area (Å²) >= 11 is 0. The van der Waals surface area contributed by atoms with Gasteiger partial charge in [-0.15, -0.1) is 4.91 Å². The second kappa shape index (κ2) is 3.03. The molecule has 1 rings (SSSR count). The maximum absolute atomic E-state index is 10.4. The van der Waals surface area contributed by atoms with Gasteiger partial charge in [-0.2, -0.15) is 0 Å². The number of rotatable bonds is 2. The third-order valence-electron chi connectivity index (χ3n) is 1.88. The van der Waals surface area contributed by atoms with Crippen molar-refractivity contribution in [3.05, 3.63) is 40.3 Å². The van der Waals surface area contributed by atoms with Crippen LogP contribution in [0.1, 0.15) is 18.1 Å². The van der Waals surface area contributed by atoms with Gasteiger partial charge in [0.25, 0.3) is 0 Å². The highest BCUT2D eigenvalue weighted by atomic mass is 16.3. The van der Waals surface area contributed by atoms with Crippen LogP contribution in [0.4, 0.5) is 0 Å². The molecule has 0 aromatic heterocycles. The molecular weight excluding hydrogens is 152 g/mol. The molecule has 0 bridgehead atoms. The van der Waals surface area contributed by atoms with Gasteiger partial charge in [0, 0.05) is 0 Å². The van der Waals surface area contributed by atoms with E-state index in [1.54, 1.807) is 6.92 Å². The number of aryl methyl sites for hydroxylation is 1. The molecule has 0 aliphatic carbocycles. The quantitative estimate of drug-likeness (QED) is 0.678. The Kier molecular flexibility index (Phi) is 2.24. The van der Waals surface area contributed by atoms with Gasteiger partial charge in [0.1, 0.15) is 0 Å². The van der Waals surface area contributed by atoms with Crippen LogP contribution < -0.4 is 5.73 Å². The first kappa shape index (κ1) is 8.87. The Morgan fingerprint density at radius 1 is 1.42 bits per heavy atom. The first-order valence-corrected chi connectivity index (χ1v) is 3.77. The van der Waals surface area contributed by atoms with Crippen LogP contribution in [-0.2, 0) is 5.66 Å². The molecule has 1 aromatic carbocycles. The third kappa shape index (κ3) is 1.51. The van der Waals surface area contributed by atoms with E-state index in [9.17, 15) is 4.91 Å². The smallest absolute Gasteiger partial charge is 0.173 e. The van der Waals surface area contributed by atoms with Crippen molar-refractivity contribution in [3.8, 4) is 0 Å². The van der Waals surface area contributed by atoms with Crippen molar-refractivity contribution >= 4 is 0 Å². The predicted octanol–water partition coefficient (Wildman–Crippen LogP) is 1.89. The van der Waals surface area contributed by atoms with Gasteiger partial charge in [-0.3, -0.25) is 0 Å². The molecule has 3 nitrogen and oxygen atoms in total. The van der Waals surface area contributed by atoms with Crippen molar-refractivity contribution in [2.24, 2.45) is 10.9 Å². The maximum Gasteiger partial charge on any atom is 0.173 e. The number of nitrogens with zero attached hydrogens (tertiary/aromatic N) is 1. The summed E-state index contributed by atoms with van der Waals surface area (Å²) in [6, 6.07) is 7.47. The van der Waals surface area contributed by atoms with E-state index in [4.69, 9.17) is 5.73 Å². The number of nitrogens with two attached hydrogens (primary N) is 1. The number of benzene rings is 1. The van der Waals surface area contributed by atoms with Gasteiger partial charge in [0.15, 0.2) is 5.66 Å². The first-order valence-electron chi connectivity index (χ1n) is 3.77. The van der Waals surface area contributed by atoms with Crippen molar-refractivity contribution < 1.29 is 0 Å². The zero-order valence-electron chi connectivity index (χ0n) is 7.24. The Labute approximate surface area is 71.6 Å². The number of hydrogen-bond acceptors (Lipinski definition) is 3. The Balaban J connectivity index is 3.19. The van der Waals surface area contributed by atoms with Gasteiger partial charge in [-0.1, -0.05) is 24.3 Å². The fourth-order valence-electron chi connectivity index (χ4n) is 1.19. The lowest BCUT2D eigenvalue weighted by Gasteiger charge is -2.17. The molecule has 0 fully saturated rings. The Hall–Kier alpha value is -1.22. The van der Waals surface area contributed by atoms with E-state index in [1.165, 1.54) is 0 Å². The van der Waals surface area contributed by atoms with Gasteiger partial charge in [0.2, 0.25) is 0 Å². The molecule has 12 heavy (non-hydrogen) atoms. The van der Waals surface area contributed by atoms with Crippen molar-refractivity contribution in [2.75, 3.05) is 0 Å². The van der Waals surface area contributed by atoms with Crippen LogP contribution in [0, 0.1) is 11.8 Å². The van der Waals surface area contributed by atoms with Gasteiger partial charge in [0.05, 0.1) is 0 Å². The monoisotopic (exact) mass is 164 g/mol. The standard InChI is InChI=1S/C9H12N2O/c1-7-5-3-4-6-8(7)9(2,10)11-12/h3-6H,10H2,1-2H3. The largest absolute Gasteiger partial charge is 0.301 e. The lowest BCUT2D eigenvalue weighted by atomic mass is 9.98. The fourth-order valence-corrected chi connectivity index (χ4v) is 1.19. The molecule has 1 unspecified atom stereocenters. The Bertz CT molecular complexity index is 294. The van der Waals surface area contributed by atoms with Gasteiger partial charge in [-0.05, 0) is 30.2 Å². The zero-order valence-corrected chi connectivity index (χ0v) is 7.24. The highest BCUT2D eigenvalue weighted by Gasteiger charge is 2.22. The second-order valence-corrected chi connectivity index (χ2v) is 3.05. The van der Waals surface area contributed by atoms with Crippen molar-refractivity contribution in [1.82, 2.24) is 0 Å². The van der Waals surface area contributed by atoms with Gasteiger partial charge in [-0.25, -0.2) is 0 Å². The minimum atomic E-state index is -1.11. The van der Waals surface area contributed by atoms with Crippen molar-refractivity contribution in [3.63, 3.8) is 0 Å². The van der Waals surface area contributed by atoms with E-state index < -0.39 is 5.66 Å². The van der Waals surface area contributed by atoms with E-state index in [1.807, 2.05) is 31.2 Å². The van der Waals surface area contributed by atoms with Crippen molar-refractivity contribution in [2.45, 2.75) is 19.5 Å². The van der Waals surface area contributed by atoms with Crippen LogP contribution in [0.25, 0.3) is 0 Å². The summed E-state index contributed by atoms with van der Waals surface area (Å²) < 4.78 is 0. The molecule has 64 valence electrons. The predicted molar refractivity (Wildman–Crippen MR) is 48.5 cm³/mol.